The third-order valence-electron chi connectivity index (χ3n) is 3.67. The molecule has 0 spiro atoms. The second kappa shape index (κ2) is 6.62. The van der Waals surface area contributed by atoms with Crippen LogP contribution in [0.3, 0.4) is 0 Å². The first-order valence-corrected chi connectivity index (χ1v) is 7.73. The number of aryl methyl sites for hydroxylation is 2. The van der Waals surface area contributed by atoms with Gasteiger partial charge in [0.15, 0.2) is 0 Å². The van der Waals surface area contributed by atoms with Crippen molar-refractivity contribution in [2.24, 2.45) is 5.11 Å². The molecule has 0 aliphatic carbocycles. The van der Waals surface area contributed by atoms with Crippen molar-refractivity contribution in [1.29, 1.82) is 0 Å². The summed E-state index contributed by atoms with van der Waals surface area (Å²) in [6.07, 6.45) is 3.15. The third kappa shape index (κ3) is 3.15. The fourth-order valence-electron chi connectivity index (χ4n) is 2.67. The van der Waals surface area contributed by atoms with Gasteiger partial charge in [0.05, 0.1) is 12.3 Å². The van der Waals surface area contributed by atoms with Crippen LogP contribution < -0.4 is 0 Å². The van der Waals surface area contributed by atoms with Crippen molar-refractivity contribution in [2.45, 2.75) is 20.8 Å². The van der Waals surface area contributed by atoms with Crippen molar-refractivity contribution >= 4 is 28.7 Å². The molecule has 0 radical (unpaired) electrons. The molecule has 25 heavy (non-hydrogen) atoms. The lowest BCUT2D eigenvalue weighted by Gasteiger charge is -2.05. The number of fused-ring (bicyclic) bond motifs is 3. The van der Waals surface area contributed by atoms with E-state index in [-0.39, 0.29) is 12.3 Å². The van der Waals surface area contributed by atoms with E-state index in [4.69, 9.17) is 10.3 Å². The molecule has 8 heteroatoms. The van der Waals surface area contributed by atoms with E-state index in [9.17, 15) is 4.79 Å². The largest absolute Gasteiger partial charge is 0.462 e. The van der Waals surface area contributed by atoms with Gasteiger partial charge in [-0.1, -0.05) is 5.11 Å². The first-order chi connectivity index (χ1) is 12.0. The minimum atomic E-state index is -0.688. The molecule has 3 aromatic heterocycles. The Hall–Kier alpha value is -3.38. The number of azide groups is 1. The van der Waals surface area contributed by atoms with E-state index in [0.29, 0.717) is 11.3 Å². The molecule has 0 N–H and O–H groups in total. The minimum Gasteiger partial charge on any atom is -0.462 e. The summed E-state index contributed by atoms with van der Waals surface area (Å²) in [5.74, 6) is -0.688. The molecule has 0 aromatic carbocycles. The highest BCUT2D eigenvalue weighted by molar-refractivity contribution is 5.93. The number of carbonyl (C=O) groups is 1. The average Bonchev–Trinajstić information content (AvgIpc) is 2.97. The molecule has 8 nitrogen and oxygen atoms in total. The van der Waals surface area contributed by atoms with Gasteiger partial charge < -0.3 is 4.74 Å². The number of ether oxygens (including phenoxy) is 1. The standard InChI is InChI=1S/C17H16N6O2/c1-4-25-17(24)14(21-22-18)8-12-9-23-15(20-12)6-5-13-10(2)7-11(3)19-16(13)23/h5-9H,4H2,1-3H3/b14-8-. The highest BCUT2D eigenvalue weighted by Gasteiger charge is 2.12. The lowest BCUT2D eigenvalue weighted by Crippen LogP contribution is -2.05. The van der Waals surface area contributed by atoms with E-state index in [1.54, 1.807) is 13.1 Å². The number of pyridine rings is 2. The van der Waals surface area contributed by atoms with Crippen molar-refractivity contribution in [3.63, 3.8) is 0 Å². The van der Waals surface area contributed by atoms with Crippen LogP contribution in [0.1, 0.15) is 23.9 Å². The number of hydrogen-bond donors (Lipinski definition) is 0. The van der Waals surface area contributed by atoms with Crippen molar-refractivity contribution < 1.29 is 9.53 Å². The summed E-state index contributed by atoms with van der Waals surface area (Å²) in [5, 5.41) is 4.42. The summed E-state index contributed by atoms with van der Waals surface area (Å²) in [6.45, 7) is 5.83. The first-order valence-electron chi connectivity index (χ1n) is 7.73. The molecular weight excluding hydrogens is 320 g/mol. The molecule has 3 aromatic rings. The normalized spacial score (nSPS) is 11.6. The Bertz CT molecular complexity index is 1060. The predicted molar refractivity (Wildman–Crippen MR) is 93.7 cm³/mol. The van der Waals surface area contributed by atoms with Gasteiger partial charge in [-0.25, -0.2) is 14.8 Å². The molecule has 0 aliphatic rings. The molecule has 0 saturated carbocycles. The third-order valence-corrected chi connectivity index (χ3v) is 3.67. The lowest BCUT2D eigenvalue weighted by molar-refractivity contribution is -0.138. The smallest absolute Gasteiger partial charge is 0.340 e. The van der Waals surface area contributed by atoms with E-state index >= 15 is 0 Å². The molecule has 0 unspecified atom stereocenters. The lowest BCUT2D eigenvalue weighted by atomic mass is 10.1. The molecule has 0 saturated heterocycles. The molecule has 126 valence electrons. The van der Waals surface area contributed by atoms with Crippen molar-refractivity contribution in [1.82, 2.24) is 14.4 Å². The van der Waals surface area contributed by atoms with Gasteiger partial charge in [-0.05, 0) is 56.1 Å². The van der Waals surface area contributed by atoms with Crippen molar-refractivity contribution in [3.8, 4) is 0 Å². The molecule has 0 amide bonds. The number of rotatable bonds is 4. The maximum Gasteiger partial charge on any atom is 0.340 e. The fraction of sp³-hybridized carbons (Fsp3) is 0.235. The molecule has 0 fully saturated rings. The van der Waals surface area contributed by atoms with Gasteiger partial charge in [0, 0.05) is 22.2 Å². The summed E-state index contributed by atoms with van der Waals surface area (Å²) in [5.41, 5.74) is 12.5. The van der Waals surface area contributed by atoms with E-state index in [2.05, 4.69) is 20.0 Å². The maximum atomic E-state index is 11.9. The van der Waals surface area contributed by atoms with Crippen LogP contribution in [0.5, 0.6) is 0 Å². The summed E-state index contributed by atoms with van der Waals surface area (Å²) in [4.78, 5) is 23.6. The second-order valence-corrected chi connectivity index (χ2v) is 5.48. The number of hydrogen-bond acceptors (Lipinski definition) is 5. The van der Waals surface area contributed by atoms with E-state index < -0.39 is 5.97 Å². The summed E-state index contributed by atoms with van der Waals surface area (Å²) >= 11 is 0. The van der Waals surface area contributed by atoms with Crippen molar-refractivity contribution in [2.75, 3.05) is 6.61 Å². The summed E-state index contributed by atoms with van der Waals surface area (Å²) in [6, 6.07) is 5.86. The van der Waals surface area contributed by atoms with E-state index in [1.807, 2.05) is 36.4 Å². The molecule has 3 rings (SSSR count). The van der Waals surface area contributed by atoms with Crippen molar-refractivity contribution in [3.05, 3.63) is 57.5 Å². The molecule has 0 atom stereocenters. The fourth-order valence-corrected chi connectivity index (χ4v) is 2.67. The predicted octanol–water partition coefficient (Wildman–Crippen LogP) is 3.71. The summed E-state index contributed by atoms with van der Waals surface area (Å²) in [7, 11) is 0. The number of imidazole rings is 1. The Balaban J connectivity index is 2.18. The van der Waals surface area contributed by atoms with Crippen LogP contribution in [-0.4, -0.2) is 26.9 Å². The first kappa shape index (κ1) is 16.5. The highest BCUT2D eigenvalue weighted by atomic mass is 16.5. The molecular formula is C17H16N6O2. The second-order valence-electron chi connectivity index (χ2n) is 5.48. The zero-order chi connectivity index (χ0) is 18.0. The topological polar surface area (TPSA) is 105 Å². The highest BCUT2D eigenvalue weighted by Crippen LogP contribution is 2.21. The van der Waals surface area contributed by atoms with Gasteiger partial charge in [-0.15, -0.1) is 0 Å². The Morgan fingerprint density at radius 1 is 1.40 bits per heavy atom. The van der Waals surface area contributed by atoms with Gasteiger partial charge in [0.1, 0.15) is 17.0 Å². The Labute approximate surface area is 143 Å². The number of nitrogens with zero attached hydrogens (tertiary/aromatic N) is 6. The SMILES string of the molecule is CCOC(=O)/C(=C/c1cn2c(ccc3c(C)cc(C)nc32)n1)N=[N+]=[N-]. The average molecular weight is 336 g/mol. The Kier molecular flexibility index (Phi) is 4.36. The van der Waals surface area contributed by atoms with Gasteiger partial charge in [-0.2, -0.15) is 0 Å². The van der Waals surface area contributed by atoms with E-state index in [0.717, 1.165) is 22.3 Å². The van der Waals surface area contributed by atoms with Crippen LogP contribution in [0.4, 0.5) is 0 Å². The number of esters is 1. The Morgan fingerprint density at radius 3 is 2.92 bits per heavy atom. The quantitative estimate of drug-likeness (QED) is 0.238. The summed E-state index contributed by atoms with van der Waals surface area (Å²) < 4.78 is 6.73. The van der Waals surface area contributed by atoms with Gasteiger partial charge in [0.2, 0.25) is 0 Å². The van der Waals surface area contributed by atoms with Crippen LogP contribution in [0.2, 0.25) is 0 Å². The number of carbonyl (C=O) groups excluding carboxylic acids is 1. The molecule has 0 aliphatic heterocycles. The maximum absolute atomic E-state index is 11.9. The minimum absolute atomic E-state index is 0.141. The van der Waals surface area contributed by atoms with E-state index in [1.165, 1.54) is 6.08 Å². The van der Waals surface area contributed by atoms with Crippen LogP contribution in [0.15, 0.2) is 35.2 Å². The zero-order valence-corrected chi connectivity index (χ0v) is 14.1. The van der Waals surface area contributed by atoms with Gasteiger partial charge >= 0.3 is 5.97 Å². The Morgan fingerprint density at radius 2 is 2.20 bits per heavy atom. The molecule has 3 heterocycles. The van der Waals surface area contributed by atoms with Crippen LogP contribution in [0.25, 0.3) is 33.2 Å². The van der Waals surface area contributed by atoms with Crippen LogP contribution in [0, 0.1) is 13.8 Å². The van der Waals surface area contributed by atoms with Gasteiger partial charge in [0.25, 0.3) is 0 Å². The van der Waals surface area contributed by atoms with Gasteiger partial charge in [-0.3, -0.25) is 4.40 Å². The monoisotopic (exact) mass is 336 g/mol. The van der Waals surface area contributed by atoms with Crippen LogP contribution in [-0.2, 0) is 9.53 Å². The zero-order valence-electron chi connectivity index (χ0n) is 14.1. The number of aromatic nitrogens is 3. The van der Waals surface area contributed by atoms with Crippen LogP contribution >= 0.6 is 0 Å². The molecule has 0 bridgehead atoms.